The Morgan fingerprint density at radius 3 is 2.58 bits per heavy atom. The van der Waals surface area contributed by atoms with Crippen LogP contribution >= 0.6 is 0 Å². The van der Waals surface area contributed by atoms with E-state index < -0.39 is 12.1 Å². The van der Waals surface area contributed by atoms with Crippen molar-refractivity contribution in [2.75, 3.05) is 0 Å². The average molecular weight is 322 g/mol. The van der Waals surface area contributed by atoms with Gasteiger partial charge in [0, 0.05) is 13.0 Å². The molecule has 3 atom stereocenters. The summed E-state index contributed by atoms with van der Waals surface area (Å²) < 4.78 is 5.71. The zero-order valence-electron chi connectivity index (χ0n) is 13.1. The molecule has 0 saturated carbocycles. The Morgan fingerprint density at radius 1 is 1.08 bits per heavy atom. The lowest BCUT2D eigenvalue weighted by atomic mass is 9.94. The van der Waals surface area contributed by atoms with Crippen molar-refractivity contribution in [3.63, 3.8) is 0 Å². The summed E-state index contributed by atoms with van der Waals surface area (Å²) in [5, 5.41) is 5.63. The smallest absolute Gasteiger partial charge is 0.250 e. The van der Waals surface area contributed by atoms with Crippen LogP contribution in [0.2, 0.25) is 0 Å². The van der Waals surface area contributed by atoms with Crippen molar-refractivity contribution >= 4 is 11.8 Å². The first-order chi connectivity index (χ1) is 11.7. The molecule has 2 N–H and O–H groups in total. The topological polar surface area (TPSA) is 67.4 Å². The predicted molar refractivity (Wildman–Crippen MR) is 87.8 cm³/mol. The van der Waals surface area contributed by atoms with Gasteiger partial charge in [-0.15, -0.1) is 0 Å². The highest BCUT2D eigenvalue weighted by Gasteiger charge is 2.39. The van der Waals surface area contributed by atoms with Crippen molar-refractivity contribution < 1.29 is 14.3 Å². The van der Waals surface area contributed by atoms with E-state index in [1.54, 1.807) is 0 Å². The van der Waals surface area contributed by atoms with Crippen LogP contribution in [-0.4, -0.2) is 17.9 Å². The maximum absolute atomic E-state index is 12.4. The molecular formula is C19H18N2O3. The third kappa shape index (κ3) is 2.67. The Kier molecular flexibility index (Phi) is 3.78. The highest BCUT2D eigenvalue weighted by atomic mass is 16.5. The van der Waals surface area contributed by atoms with Crippen LogP contribution in [0.1, 0.15) is 35.3 Å². The van der Waals surface area contributed by atoms with E-state index in [4.69, 9.17) is 4.74 Å². The lowest BCUT2D eigenvalue weighted by molar-refractivity contribution is -0.165. The van der Waals surface area contributed by atoms with E-state index in [0.29, 0.717) is 13.0 Å². The Labute approximate surface area is 140 Å². The number of amides is 2. The highest BCUT2D eigenvalue weighted by molar-refractivity contribution is 5.91. The molecule has 2 aliphatic rings. The molecule has 0 spiro atoms. The predicted octanol–water partition coefficient (Wildman–Crippen LogP) is 2.00. The van der Waals surface area contributed by atoms with E-state index in [1.165, 1.54) is 0 Å². The molecule has 4 rings (SSSR count). The lowest BCUT2D eigenvalue weighted by Crippen LogP contribution is -2.50. The standard InChI is InChI=1S/C19H18N2O3/c22-18(16-10-15(24-16)12-6-2-1-3-7-12)21-17-14-9-5-4-8-13(14)11-20-19(17)23/h1-9,15-17H,10-11H2,(H,20,23)(H,21,22). The zero-order chi connectivity index (χ0) is 16.5. The Morgan fingerprint density at radius 2 is 1.79 bits per heavy atom. The van der Waals surface area contributed by atoms with E-state index in [-0.39, 0.29) is 17.9 Å². The first kappa shape index (κ1) is 14.9. The molecule has 24 heavy (non-hydrogen) atoms. The number of benzene rings is 2. The summed E-state index contributed by atoms with van der Waals surface area (Å²) in [6.45, 7) is 0.497. The first-order valence-corrected chi connectivity index (χ1v) is 8.08. The number of nitrogens with one attached hydrogen (secondary N) is 2. The molecule has 1 saturated heterocycles. The summed E-state index contributed by atoms with van der Waals surface area (Å²) in [7, 11) is 0. The van der Waals surface area contributed by atoms with Crippen LogP contribution in [0.4, 0.5) is 0 Å². The maximum atomic E-state index is 12.4. The molecule has 122 valence electrons. The Balaban J connectivity index is 1.42. The van der Waals surface area contributed by atoms with Crippen LogP contribution in [0.3, 0.4) is 0 Å². The minimum atomic E-state index is -0.651. The molecule has 3 unspecified atom stereocenters. The molecule has 5 nitrogen and oxygen atoms in total. The van der Waals surface area contributed by atoms with Crippen LogP contribution in [0, 0.1) is 0 Å². The van der Waals surface area contributed by atoms with Crippen LogP contribution < -0.4 is 10.6 Å². The van der Waals surface area contributed by atoms with Gasteiger partial charge < -0.3 is 15.4 Å². The molecule has 0 aliphatic carbocycles. The minimum Gasteiger partial charge on any atom is -0.360 e. The van der Waals surface area contributed by atoms with Gasteiger partial charge in [-0.3, -0.25) is 9.59 Å². The number of hydrogen-bond donors (Lipinski definition) is 2. The number of carbonyl (C=O) groups excluding carboxylic acids is 2. The summed E-state index contributed by atoms with van der Waals surface area (Å²) in [5.41, 5.74) is 2.95. The van der Waals surface area contributed by atoms with Crippen LogP contribution in [0.5, 0.6) is 0 Å². The average Bonchev–Trinajstić information content (AvgIpc) is 2.57. The second-order valence-corrected chi connectivity index (χ2v) is 6.12. The van der Waals surface area contributed by atoms with Gasteiger partial charge in [-0.2, -0.15) is 0 Å². The molecule has 2 amide bonds. The van der Waals surface area contributed by atoms with Gasteiger partial charge in [-0.05, 0) is 16.7 Å². The summed E-state index contributed by atoms with van der Waals surface area (Å²) in [4.78, 5) is 24.6. The van der Waals surface area contributed by atoms with Crippen LogP contribution in [0.25, 0.3) is 0 Å². The van der Waals surface area contributed by atoms with Gasteiger partial charge in [0.05, 0.1) is 6.10 Å². The molecule has 0 radical (unpaired) electrons. The molecule has 1 fully saturated rings. The Hall–Kier alpha value is -2.66. The summed E-state index contributed by atoms with van der Waals surface area (Å²) in [6.07, 6.45) is 0.0813. The first-order valence-electron chi connectivity index (χ1n) is 8.08. The second-order valence-electron chi connectivity index (χ2n) is 6.12. The maximum Gasteiger partial charge on any atom is 0.250 e. The fraction of sp³-hybridized carbons (Fsp3) is 0.263. The van der Waals surface area contributed by atoms with E-state index in [0.717, 1.165) is 16.7 Å². The third-order valence-corrected chi connectivity index (χ3v) is 4.59. The highest BCUT2D eigenvalue weighted by Crippen LogP contribution is 2.35. The number of rotatable bonds is 3. The molecule has 5 heteroatoms. The SMILES string of the molecule is O=C(NC1C(=O)NCc2ccccc21)C1CC(c2ccccc2)O1. The van der Waals surface area contributed by atoms with E-state index >= 15 is 0 Å². The monoisotopic (exact) mass is 322 g/mol. The van der Waals surface area contributed by atoms with Gasteiger partial charge in [-0.1, -0.05) is 54.6 Å². The van der Waals surface area contributed by atoms with Crippen LogP contribution in [0.15, 0.2) is 54.6 Å². The summed E-state index contributed by atoms with van der Waals surface area (Å²) >= 11 is 0. The fourth-order valence-corrected chi connectivity index (χ4v) is 3.21. The van der Waals surface area contributed by atoms with Crippen molar-refractivity contribution in [3.05, 3.63) is 71.3 Å². The van der Waals surface area contributed by atoms with Gasteiger partial charge in [0.1, 0.15) is 12.1 Å². The molecule has 0 bridgehead atoms. The zero-order valence-corrected chi connectivity index (χ0v) is 13.1. The minimum absolute atomic E-state index is 0.0468. The van der Waals surface area contributed by atoms with Gasteiger partial charge in [-0.25, -0.2) is 0 Å². The van der Waals surface area contributed by atoms with Gasteiger partial charge >= 0.3 is 0 Å². The van der Waals surface area contributed by atoms with E-state index in [9.17, 15) is 9.59 Å². The lowest BCUT2D eigenvalue weighted by Gasteiger charge is -2.36. The number of fused-ring (bicyclic) bond motifs is 1. The molecule has 2 heterocycles. The van der Waals surface area contributed by atoms with E-state index in [2.05, 4.69) is 10.6 Å². The van der Waals surface area contributed by atoms with Crippen LogP contribution in [-0.2, 0) is 20.9 Å². The van der Waals surface area contributed by atoms with Gasteiger partial charge in [0.15, 0.2) is 0 Å². The summed E-state index contributed by atoms with van der Waals surface area (Å²) in [6, 6.07) is 16.8. The molecule has 2 aromatic carbocycles. The van der Waals surface area contributed by atoms with Gasteiger partial charge in [0.2, 0.25) is 11.8 Å². The molecular weight excluding hydrogens is 304 g/mol. The molecule has 0 aromatic heterocycles. The number of ether oxygens (including phenoxy) is 1. The molecule has 2 aromatic rings. The quantitative estimate of drug-likeness (QED) is 0.908. The fourth-order valence-electron chi connectivity index (χ4n) is 3.21. The molecule has 2 aliphatic heterocycles. The van der Waals surface area contributed by atoms with Crippen molar-refractivity contribution in [1.29, 1.82) is 0 Å². The Bertz CT molecular complexity index is 769. The van der Waals surface area contributed by atoms with Crippen molar-refractivity contribution in [1.82, 2.24) is 10.6 Å². The van der Waals surface area contributed by atoms with Gasteiger partial charge in [0.25, 0.3) is 0 Å². The van der Waals surface area contributed by atoms with Crippen molar-refractivity contribution in [2.45, 2.75) is 31.2 Å². The van der Waals surface area contributed by atoms with Crippen molar-refractivity contribution in [2.24, 2.45) is 0 Å². The third-order valence-electron chi connectivity index (χ3n) is 4.59. The van der Waals surface area contributed by atoms with Crippen molar-refractivity contribution in [3.8, 4) is 0 Å². The normalized spacial score (nSPS) is 25.2. The number of hydrogen-bond acceptors (Lipinski definition) is 3. The second kappa shape index (κ2) is 6.09. The summed E-state index contributed by atoms with van der Waals surface area (Å²) in [5.74, 6) is -0.417. The van der Waals surface area contributed by atoms with E-state index in [1.807, 2.05) is 54.6 Å². The number of carbonyl (C=O) groups is 2. The largest absolute Gasteiger partial charge is 0.360 e.